The SMILES string of the molecule is Cc1ccccc1NC(=O)Cc1ccc(S(=O)(=O)C(C)C)cc1. The van der Waals surface area contributed by atoms with E-state index in [0.29, 0.717) is 0 Å². The summed E-state index contributed by atoms with van der Waals surface area (Å²) in [5.74, 6) is -0.126. The molecule has 0 bridgehead atoms. The molecule has 1 amide bonds. The van der Waals surface area contributed by atoms with Crippen molar-refractivity contribution in [3.8, 4) is 0 Å². The first kappa shape index (κ1) is 17.2. The van der Waals surface area contributed by atoms with Crippen molar-refractivity contribution in [2.45, 2.75) is 37.3 Å². The third-order valence-electron chi connectivity index (χ3n) is 3.66. The molecule has 0 heterocycles. The van der Waals surface area contributed by atoms with Crippen molar-refractivity contribution in [3.05, 3.63) is 59.7 Å². The number of rotatable bonds is 5. The summed E-state index contributed by atoms with van der Waals surface area (Å²) in [6.45, 7) is 5.24. The van der Waals surface area contributed by atoms with Gasteiger partial charge >= 0.3 is 0 Å². The summed E-state index contributed by atoms with van der Waals surface area (Å²) in [7, 11) is -3.28. The molecule has 0 aromatic heterocycles. The quantitative estimate of drug-likeness (QED) is 0.914. The summed E-state index contributed by atoms with van der Waals surface area (Å²) >= 11 is 0. The van der Waals surface area contributed by atoms with Gasteiger partial charge in [0.05, 0.1) is 16.6 Å². The fourth-order valence-corrected chi connectivity index (χ4v) is 3.22. The van der Waals surface area contributed by atoms with Crippen LogP contribution in [0, 0.1) is 6.92 Å². The molecule has 2 rings (SSSR count). The molecule has 2 aromatic carbocycles. The summed E-state index contributed by atoms with van der Waals surface area (Å²) in [5.41, 5.74) is 2.56. The van der Waals surface area contributed by atoms with Gasteiger partial charge in [-0.25, -0.2) is 8.42 Å². The van der Waals surface area contributed by atoms with Gasteiger partial charge in [-0.1, -0.05) is 30.3 Å². The van der Waals surface area contributed by atoms with Crippen LogP contribution in [0.5, 0.6) is 0 Å². The molecule has 0 saturated carbocycles. The van der Waals surface area contributed by atoms with E-state index in [4.69, 9.17) is 0 Å². The monoisotopic (exact) mass is 331 g/mol. The Bertz CT molecular complexity index is 793. The molecule has 0 saturated heterocycles. The Hall–Kier alpha value is -2.14. The van der Waals surface area contributed by atoms with Gasteiger partial charge in [0.1, 0.15) is 0 Å². The van der Waals surface area contributed by atoms with Gasteiger partial charge in [-0.15, -0.1) is 0 Å². The highest BCUT2D eigenvalue weighted by atomic mass is 32.2. The maximum absolute atomic E-state index is 12.1. The highest BCUT2D eigenvalue weighted by molar-refractivity contribution is 7.92. The highest BCUT2D eigenvalue weighted by Gasteiger charge is 2.18. The van der Waals surface area contributed by atoms with Gasteiger partial charge in [-0.3, -0.25) is 4.79 Å². The molecule has 1 N–H and O–H groups in total. The Balaban J connectivity index is 2.07. The average molecular weight is 331 g/mol. The number of para-hydroxylation sites is 1. The Morgan fingerprint density at radius 3 is 2.22 bits per heavy atom. The third kappa shape index (κ3) is 4.20. The molecule has 5 heteroatoms. The Labute approximate surface area is 137 Å². The lowest BCUT2D eigenvalue weighted by Crippen LogP contribution is -2.16. The second kappa shape index (κ2) is 6.96. The zero-order valence-electron chi connectivity index (χ0n) is 13.5. The highest BCUT2D eigenvalue weighted by Crippen LogP contribution is 2.17. The number of anilines is 1. The van der Waals surface area contributed by atoms with Gasteiger partial charge in [0, 0.05) is 5.69 Å². The molecule has 0 fully saturated rings. The number of hydrogen-bond acceptors (Lipinski definition) is 3. The van der Waals surface area contributed by atoms with E-state index in [1.165, 1.54) is 0 Å². The molecule has 0 unspecified atom stereocenters. The number of carbonyl (C=O) groups is 1. The minimum absolute atomic E-state index is 0.126. The van der Waals surface area contributed by atoms with Crippen LogP contribution in [0.2, 0.25) is 0 Å². The van der Waals surface area contributed by atoms with Gasteiger partial charge in [0.2, 0.25) is 5.91 Å². The van der Waals surface area contributed by atoms with Gasteiger partial charge in [0.25, 0.3) is 0 Å². The zero-order valence-corrected chi connectivity index (χ0v) is 14.4. The predicted octanol–water partition coefficient (Wildman–Crippen LogP) is 3.36. The standard InChI is InChI=1S/C18H21NO3S/c1-13(2)23(21,22)16-10-8-15(9-11-16)12-18(20)19-17-7-5-4-6-14(17)3/h4-11,13H,12H2,1-3H3,(H,19,20). The molecule has 2 aromatic rings. The Morgan fingerprint density at radius 2 is 1.65 bits per heavy atom. The van der Waals surface area contributed by atoms with Gasteiger partial charge in [-0.2, -0.15) is 0 Å². The number of sulfone groups is 1. The number of aryl methyl sites for hydroxylation is 1. The van der Waals surface area contributed by atoms with Crippen LogP contribution in [-0.4, -0.2) is 19.6 Å². The van der Waals surface area contributed by atoms with E-state index in [1.807, 2.05) is 31.2 Å². The molecule has 23 heavy (non-hydrogen) atoms. The van der Waals surface area contributed by atoms with Crippen molar-refractivity contribution in [3.63, 3.8) is 0 Å². The number of hydrogen-bond donors (Lipinski definition) is 1. The second-order valence-corrected chi connectivity index (χ2v) is 8.28. The first-order valence-corrected chi connectivity index (χ1v) is 9.03. The normalized spacial score (nSPS) is 11.5. The lowest BCUT2D eigenvalue weighted by molar-refractivity contribution is -0.115. The maximum Gasteiger partial charge on any atom is 0.228 e. The number of amides is 1. The van der Waals surface area contributed by atoms with E-state index in [9.17, 15) is 13.2 Å². The first-order chi connectivity index (χ1) is 10.8. The summed E-state index contributed by atoms with van der Waals surface area (Å²) in [6, 6.07) is 14.1. The Morgan fingerprint density at radius 1 is 1.04 bits per heavy atom. The minimum atomic E-state index is -3.28. The fourth-order valence-electron chi connectivity index (χ4n) is 2.16. The molecular weight excluding hydrogens is 310 g/mol. The van der Waals surface area contributed by atoms with Crippen molar-refractivity contribution in [1.29, 1.82) is 0 Å². The fraction of sp³-hybridized carbons (Fsp3) is 0.278. The van der Waals surface area contributed by atoms with E-state index in [1.54, 1.807) is 38.1 Å². The van der Waals surface area contributed by atoms with Crippen LogP contribution in [-0.2, 0) is 21.1 Å². The van der Waals surface area contributed by atoms with E-state index < -0.39 is 15.1 Å². The van der Waals surface area contributed by atoms with E-state index in [0.717, 1.165) is 16.8 Å². The predicted molar refractivity (Wildman–Crippen MR) is 92.3 cm³/mol. The van der Waals surface area contributed by atoms with Crippen molar-refractivity contribution < 1.29 is 13.2 Å². The van der Waals surface area contributed by atoms with Crippen LogP contribution in [0.15, 0.2) is 53.4 Å². The lowest BCUT2D eigenvalue weighted by Gasteiger charge is -2.10. The van der Waals surface area contributed by atoms with Gasteiger partial charge < -0.3 is 5.32 Å². The first-order valence-electron chi connectivity index (χ1n) is 7.49. The molecule has 0 aliphatic carbocycles. The summed E-state index contributed by atoms with van der Waals surface area (Å²) < 4.78 is 24.1. The average Bonchev–Trinajstić information content (AvgIpc) is 2.50. The molecular formula is C18H21NO3S. The number of benzene rings is 2. The zero-order chi connectivity index (χ0) is 17.0. The van der Waals surface area contributed by atoms with Crippen molar-refractivity contribution in [2.75, 3.05) is 5.32 Å². The maximum atomic E-state index is 12.1. The summed E-state index contributed by atoms with van der Waals surface area (Å²) in [4.78, 5) is 12.4. The van der Waals surface area contributed by atoms with Crippen LogP contribution >= 0.6 is 0 Å². The van der Waals surface area contributed by atoms with Crippen molar-refractivity contribution in [1.82, 2.24) is 0 Å². The molecule has 0 atom stereocenters. The van der Waals surface area contributed by atoms with Crippen LogP contribution in [0.4, 0.5) is 5.69 Å². The molecule has 0 aliphatic rings. The number of carbonyl (C=O) groups excluding carboxylic acids is 1. The largest absolute Gasteiger partial charge is 0.326 e. The summed E-state index contributed by atoms with van der Waals surface area (Å²) in [6.07, 6.45) is 0.205. The van der Waals surface area contributed by atoms with Gasteiger partial charge in [-0.05, 0) is 50.1 Å². The topological polar surface area (TPSA) is 63.2 Å². The molecule has 122 valence electrons. The van der Waals surface area contributed by atoms with E-state index in [-0.39, 0.29) is 17.2 Å². The smallest absolute Gasteiger partial charge is 0.228 e. The van der Waals surface area contributed by atoms with Gasteiger partial charge in [0.15, 0.2) is 9.84 Å². The Kier molecular flexibility index (Phi) is 5.21. The lowest BCUT2D eigenvalue weighted by atomic mass is 10.1. The molecule has 0 aliphatic heterocycles. The van der Waals surface area contributed by atoms with Crippen molar-refractivity contribution >= 4 is 21.4 Å². The van der Waals surface area contributed by atoms with Crippen LogP contribution in [0.3, 0.4) is 0 Å². The molecule has 0 spiro atoms. The summed E-state index contributed by atoms with van der Waals surface area (Å²) in [5, 5.41) is 2.40. The second-order valence-electron chi connectivity index (χ2n) is 5.78. The molecule has 0 radical (unpaired) electrons. The van der Waals surface area contributed by atoms with Crippen LogP contribution in [0.25, 0.3) is 0 Å². The van der Waals surface area contributed by atoms with E-state index >= 15 is 0 Å². The van der Waals surface area contributed by atoms with Crippen LogP contribution in [0.1, 0.15) is 25.0 Å². The third-order valence-corrected chi connectivity index (χ3v) is 5.83. The van der Waals surface area contributed by atoms with E-state index in [2.05, 4.69) is 5.32 Å². The minimum Gasteiger partial charge on any atom is -0.326 e. The molecule has 4 nitrogen and oxygen atoms in total. The number of nitrogens with one attached hydrogen (secondary N) is 1. The van der Waals surface area contributed by atoms with Crippen molar-refractivity contribution in [2.24, 2.45) is 0 Å². The van der Waals surface area contributed by atoms with Crippen LogP contribution < -0.4 is 5.32 Å².